The minimum atomic E-state index is 0.340. The number of piperidine rings is 1. The first-order chi connectivity index (χ1) is 8.15. The Morgan fingerprint density at radius 1 is 1.35 bits per heavy atom. The van der Waals surface area contributed by atoms with Crippen LogP contribution in [0.25, 0.3) is 0 Å². The molecule has 17 heavy (non-hydrogen) atoms. The number of nitrogens with one attached hydrogen (secondary N) is 1. The first-order valence-electron chi connectivity index (χ1n) is 6.37. The molecule has 0 amide bonds. The van der Waals surface area contributed by atoms with Gasteiger partial charge in [0, 0.05) is 12.2 Å². The second-order valence-corrected chi connectivity index (χ2v) is 5.13. The molecule has 0 atom stereocenters. The van der Waals surface area contributed by atoms with E-state index >= 15 is 0 Å². The van der Waals surface area contributed by atoms with E-state index in [2.05, 4.69) is 17.3 Å². The van der Waals surface area contributed by atoms with Crippen LogP contribution in [0.3, 0.4) is 0 Å². The summed E-state index contributed by atoms with van der Waals surface area (Å²) in [5, 5.41) is 12.8. The SMILES string of the molecule is Cc1cc(O)ccc1NCC1CCN(C)CC1. The molecule has 2 rings (SSSR count). The molecule has 0 spiro atoms. The first-order valence-corrected chi connectivity index (χ1v) is 6.37. The zero-order chi connectivity index (χ0) is 12.3. The van der Waals surface area contributed by atoms with Gasteiger partial charge in [0.2, 0.25) is 0 Å². The normalized spacial score (nSPS) is 18.2. The molecule has 3 nitrogen and oxygen atoms in total. The van der Waals surface area contributed by atoms with Crippen molar-refractivity contribution in [1.29, 1.82) is 0 Å². The molecule has 1 saturated heterocycles. The first kappa shape index (κ1) is 12.2. The van der Waals surface area contributed by atoms with Gasteiger partial charge in [0.05, 0.1) is 0 Å². The summed E-state index contributed by atoms with van der Waals surface area (Å²) in [5.74, 6) is 1.12. The van der Waals surface area contributed by atoms with Gasteiger partial charge in [-0.2, -0.15) is 0 Å². The van der Waals surface area contributed by atoms with Gasteiger partial charge in [-0.1, -0.05) is 0 Å². The lowest BCUT2D eigenvalue weighted by atomic mass is 9.97. The van der Waals surface area contributed by atoms with E-state index in [1.807, 2.05) is 13.0 Å². The molecule has 1 heterocycles. The third-order valence-electron chi connectivity index (χ3n) is 3.63. The highest BCUT2D eigenvalue weighted by Gasteiger charge is 2.16. The maximum Gasteiger partial charge on any atom is 0.115 e. The Balaban J connectivity index is 1.85. The fourth-order valence-electron chi connectivity index (χ4n) is 2.37. The van der Waals surface area contributed by atoms with E-state index in [4.69, 9.17) is 0 Å². The van der Waals surface area contributed by atoms with Crippen LogP contribution >= 0.6 is 0 Å². The minimum Gasteiger partial charge on any atom is -0.508 e. The van der Waals surface area contributed by atoms with Crippen molar-refractivity contribution in [2.75, 3.05) is 32.0 Å². The highest BCUT2D eigenvalue weighted by molar-refractivity contribution is 5.53. The van der Waals surface area contributed by atoms with Gasteiger partial charge in [-0.15, -0.1) is 0 Å². The van der Waals surface area contributed by atoms with Crippen LogP contribution in [0.4, 0.5) is 5.69 Å². The topological polar surface area (TPSA) is 35.5 Å². The summed E-state index contributed by atoms with van der Waals surface area (Å²) in [4.78, 5) is 2.39. The average molecular weight is 234 g/mol. The van der Waals surface area contributed by atoms with Gasteiger partial charge in [-0.25, -0.2) is 0 Å². The summed E-state index contributed by atoms with van der Waals surface area (Å²) in [6.45, 7) is 5.48. The van der Waals surface area contributed by atoms with Crippen molar-refractivity contribution >= 4 is 5.69 Å². The monoisotopic (exact) mass is 234 g/mol. The number of hydrogen-bond acceptors (Lipinski definition) is 3. The van der Waals surface area contributed by atoms with Crippen molar-refractivity contribution < 1.29 is 5.11 Å². The van der Waals surface area contributed by atoms with Crippen LogP contribution in [0, 0.1) is 12.8 Å². The predicted octanol–water partition coefficient (Wildman–Crippen LogP) is 2.45. The highest BCUT2D eigenvalue weighted by Crippen LogP contribution is 2.22. The predicted molar refractivity (Wildman–Crippen MR) is 71.6 cm³/mol. The van der Waals surface area contributed by atoms with Crippen LogP contribution in [0.5, 0.6) is 5.75 Å². The number of likely N-dealkylation sites (tertiary alicyclic amines) is 1. The molecule has 0 unspecified atom stereocenters. The number of aromatic hydroxyl groups is 1. The Morgan fingerprint density at radius 2 is 2.06 bits per heavy atom. The molecule has 1 aliphatic rings. The second-order valence-electron chi connectivity index (χ2n) is 5.13. The van der Waals surface area contributed by atoms with Gasteiger partial charge in [-0.05, 0) is 69.6 Å². The number of nitrogens with zero attached hydrogens (tertiary/aromatic N) is 1. The van der Waals surface area contributed by atoms with E-state index in [1.54, 1.807) is 12.1 Å². The number of phenolic OH excluding ortho intramolecular Hbond substituents is 1. The van der Waals surface area contributed by atoms with Crippen LogP contribution in [0.2, 0.25) is 0 Å². The summed E-state index contributed by atoms with van der Waals surface area (Å²) in [7, 11) is 2.19. The van der Waals surface area contributed by atoms with E-state index in [0.29, 0.717) is 5.75 Å². The van der Waals surface area contributed by atoms with Crippen molar-refractivity contribution in [3.63, 3.8) is 0 Å². The van der Waals surface area contributed by atoms with E-state index < -0.39 is 0 Å². The number of hydrogen-bond donors (Lipinski definition) is 2. The zero-order valence-electron chi connectivity index (χ0n) is 10.7. The number of phenols is 1. The van der Waals surface area contributed by atoms with Crippen LogP contribution in [-0.4, -0.2) is 36.7 Å². The fourth-order valence-corrected chi connectivity index (χ4v) is 2.37. The summed E-state index contributed by atoms with van der Waals surface area (Å²) >= 11 is 0. The lowest BCUT2D eigenvalue weighted by Crippen LogP contribution is -2.33. The van der Waals surface area contributed by atoms with E-state index in [1.165, 1.54) is 25.9 Å². The van der Waals surface area contributed by atoms with Crippen molar-refractivity contribution in [2.24, 2.45) is 5.92 Å². The molecule has 0 bridgehead atoms. The Hall–Kier alpha value is -1.22. The quantitative estimate of drug-likeness (QED) is 0.789. The Kier molecular flexibility index (Phi) is 3.89. The Labute approximate surface area is 103 Å². The third kappa shape index (κ3) is 3.37. The summed E-state index contributed by atoms with van der Waals surface area (Å²) in [6, 6.07) is 5.50. The molecule has 1 aliphatic heterocycles. The molecular formula is C14H22N2O. The van der Waals surface area contributed by atoms with E-state index in [-0.39, 0.29) is 0 Å². The molecule has 1 fully saturated rings. The zero-order valence-corrected chi connectivity index (χ0v) is 10.7. The van der Waals surface area contributed by atoms with Crippen molar-refractivity contribution in [2.45, 2.75) is 19.8 Å². The third-order valence-corrected chi connectivity index (χ3v) is 3.63. The number of anilines is 1. The van der Waals surface area contributed by atoms with Crippen LogP contribution in [-0.2, 0) is 0 Å². The van der Waals surface area contributed by atoms with Crippen LogP contribution in [0.15, 0.2) is 18.2 Å². The molecule has 0 aliphatic carbocycles. The molecule has 0 saturated carbocycles. The molecule has 0 aromatic heterocycles. The Morgan fingerprint density at radius 3 is 2.71 bits per heavy atom. The molecule has 94 valence electrons. The van der Waals surface area contributed by atoms with E-state index in [0.717, 1.165) is 23.7 Å². The number of rotatable bonds is 3. The molecule has 2 N–H and O–H groups in total. The molecule has 3 heteroatoms. The van der Waals surface area contributed by atoms with Crippen molar-refractivity contribution in [1.82, 2.24) is 4.90 Å². The maximum absolute atomic E-state index is 9.35. The van der Waals surface area contributed by atoms with Gasteiger partial charge in [0.15, 0.2) is 0 Å². The molecular weight excluding hydrogens is 212 g/mol. The summed E-state index contributed by atoms with van der Waals surface area (Å²) in [5.41, 5.74) is 2.25. The van der Waals surface area contributed by atoms with Crippen LogP contribution < -0.4 is 5.32 Å². The van der Waals surface area contributed by atoms with Crippen LogP contribution in [0.1, 0.15) is 18.4 Å². The molecule has 1 aromatic rings. The van der Waals surface area contributed by atoms with Gasteiger partial charge < -0.3 is 15.3 Å². The minimum absolute atomic E-state index is 0.340. The molecule has 1 aromatic carbocycles. The highest BCUT2D eigenvalue weighted by atomic mass is 16.3. The second kappa shape index (κ2) is 5.41. The standard InChI is InChI=1S/C14H22N2O/c1-11-9-13(17)3-4-14(11)15-10-12-5-7-16(2)8-6-12/h3-4,9,12,15,17H,5-8,10H2,1-2H3. The largest absolute Gasteiger partial charge is 0.508 e. The lowest BCUT2D eigenvalue weighted by Gasteiger charge is -2.29. The molecule has 0 radical (unpaired) electrons. The van der Waals surface area contributed by atoms with Crippen molar-refractivity contribution in [3.05, 3.63) is 23.8 Å². The lowest BCUT2D eigenvalue weighted by molar-refractivity contribution is 0.226. The number of benzene rings is 1. The number of aryl methyl sites for hydroxylation is 1. The van der Waals surface area contributed by atoms with Crippen molar-refractivity contribution in [3.8, 4) is 5.75 Å². The van der Waals surface area contributed by atoms with Gasteiger partial charge >= 0.3 is 0 Å². The summed E-state index contributed by atoms with van der Waals surface area (Å²) in [6.07, 6.45) is 2.56. The maximum atomic E-state index is 9.35. The fraction of sp³-hybridized carbons (Fsp3) is 0.571. The summed E-state index contributed by atoms with van der Waals surface area (Å²) < 4.78 is 0. The van der Waals surface area contributed by atoms with Gasteiger partial charge in [-0.3, -0.25) is 0 Å². The average Bonchev–Trinajstić information content (AvgIpc) is 2.30. The Bertz CT molecular complexity index is 370. The van der Waals surface area contributed by atoms with Gasteiger partial charge in [0.1, 0.15) is 5.75 Å². The van der Waals surface area contributed by atoms with E-state index in [9.17, 15) is 5.11 Å². The smallest absolute Gasteiger partial charge is 0.115 e. The van der Waals surface area contributed by atoms with Gasteiger partial charge in [0.25, 0.3) is 0 Å².